The van der Waals surface area contributed by atoms with E-state index >= 15 is 0 Å². The maximum Gasteiger partial charge on any atom is 0.472 e. The molecule has 0 aliphatic carbocycles. The number of rotatable bonds is 38. The molecular weight excluding hydrogens is 783 g/mol. The fourth-order valence-corrected chi connectivity index (χ4v) is 5.71. The molecule has 0 saturated carbocycles. The van der Waals surface area contributed by atoms with Gasteiger partial charge in [0, 0.05) is 12.8 Å². The van der Waals surface area contributed by atoms with E-state index in [1.165, 1.54) is 0 Å². The SMILES string of the molecule is CC/C=C\C/C=C\C/C=C\C/C=C\CCCCCCC(=O)O[C@H](COC(=O)CC/C=C\C/C=C\C/C=C\C/C=C/C=C/C(O)C/C=C\CC)COP(=O)(O)OC[C@@H](O)CO. The van der Waals surface area contributed by atoms with Crippen LogP contribution in [0.3, 0.4) is 0 Å². The van der Waals surface area contributed by atoms with Crippen molar-refractivity contribution in [3.8, 4) is 0 Å². The highest BCUT2D eigenvalue weighted by Crippen LogP contribution is 2.43. The maximum atomic E-state index is 12.6. The summed E-state index contributed by atoms with van der Waals surface area (Å²) < 4.78 is 32.6. The molecule has 0 saturated heterocycles. The largest absolute Gasteiger partial charge is 0.472 e. The lowest BCUT2D eigenvalue weighted by molar-refractivity contribution is -0.161. The van der Waals surface area contributed by atoms with Gasteiger partial charge in [-0.25, -0.2) is 4.57 Å². The number of allylic oxidation sites excluding steroid dienone is 18. The van der Waals surface area contributed by atoms with Crippen LogP contribution in [0.1, 0.15) is 123 Å². The first-order chi connectivity index (χ1) is 29.1. The maximum absolute atomic E-state index is 12.6. The zero-order valence-electron chi connectivity index (χ0n) is 36.2. The Morgan fingerprint density at radius 3 is 1.68 bits per heavy atom. The van der Waals surface area contributed by atoms with E-state index in [1.54, 1.807) is 6.08 Å². The van der Waals surface area contributed by atoms with Crippen molar-refractivity contribution in [3.63, 3.8) is 0 Å². The van der Waals surface area contributed by atoms with E-state index in [0.717, 1.165) is 70.6 Å². The van der Waals surface area contributed by atoms with Gasteiger partial charge < -0.3 is 29.7 Å². The van der Waals surface area contributed by atoms with Crippen molar-refractivity contribution < 1.29 is 52.9 Å². The number of aliphatic hydroxyl groups excluding tert-OH is 3. The molecule has 0 fully saturated rings. The lowest BCUT2D eigenvalue weighted by Gasteiger charge is -2.20. The molecule has 0 rings (SSSR count). The first-order valence-electron chi connectivity index (χ1n) is 21.6. The summed E-state index contributed by atoms with van der Waals surface area (Å²) in [5.74, 6) is -1.09. The van der Waals surface area contributed by atoms with E-state index in [0.29, 0.717) is 25.7 Å². The number of aliphatic hydroxyl groups is 3. The molecule has 0 aliphatic heterocycles. The Balaban J connectivity index is 4.53. The molecule has 0 spiro atoms. The molecule has 0 radical (unpaired) electrons. The van der Waals surface area contributed by atoms with Crippen molar-refractivity contribution in [2.24, 2.45) is 0 Å². The molecule has 2 unspecified atom stereocenters. The summed E-state index contributed by atoms with van der Waals surface area (Å²) in [6, 6.07) is 0. The molecule has 0 aromatic heterocycles. The predicted molar refractivity (Wildman–Crippen MR) is 243 cm³/mol. The number of hydrogen-bond donors (Lipinski definition) is 4. The Morgan fingerprint density at radius 1 is 0.567 bits per heavy atom. The summed E-state index contributed by atoms with van der Waals surface area (Å²) >= 11 is 0. The van der Waals surface area contributed by atoms with E-state index in [-0.39, 0.29) is 19.4 Å². The molecule has 4 N–H and O–H groups in total. The first-order valence-corrected chi connectivity index (χ1v) is 23.1. The number of ether oxygens (including phenoxy) is 2. The number of carbonyl (C=O) groups excluding carboxylic acids is 2. The highest BCUT2D eigenvalue weighted by atomic mass is 31.2. The summed E-state index contributed by atoms with van der Waals surface area (Å²) in [5.41, 5.74) is 0. The van der Waals surface area contributed by atoms with Crippen LogP contribution in [-0.4, -0.2) is 76.9 Å². The first kappa shape index (κ1) is 56.3. The summed E-state index contributed by atoms with van der Waals surface area (Å²) in [6.45, 7) is 1.90. The molecule has 4 atom stereocenters. The fraction of sp³-hybridized carbons (Fsp3) is 0.542. The third kappa shape index (κ3) is 41.1. The Morgan fingerprint density at radius 2 is 1.08 bits per heavy atom. The monoisotopic (exact) mass is 859 g/mol. The van der Waals surface area contributed by atoms with Gasteiger partial charge >= 0.3 is 19.8 Å². The van der Waals surface area contributed by atoms with E-state index in [1.807, 2.05) is 48.6 Å². The average Bonchev–Trinajstić information content (AvgIpc) is 3.23. The van der Waals surface area contributed by atoms with Crippen molar-refractivity contribution in [1.29, 1.82) is 0 Å². The molecule has 338 valence electrons. The van der Waals surface area contributed by atoms with Gasteiger partial charge in [-0.3, -0.25) is 18.6 Å². The Hall–Kier alpha value is -3.67. The van der Waals surface area contributed by atoms with Gasteiger partial charge in [0.05, 0.1) is 25.9 Å². The number of esters is 2. The van der Waals surface area contributed by atoms with Gasteiger partial charge in [0.2, 0.25) is 0 Å². The molecule has 0 aromatic carbocycles. The quantitative estimate of drug-likeness (QED) is 0.0153. The van der Waals surface area contributed by atoms with Crippen LogP contribution in [0.5, 0.6) is 0 Å². The van der Waals surface area contributed by atoms with E-state index < -0.39 is 57.9 Å². The second-order valence-corrected chi connectivity index (χ2v) is 15.3. The number of phosphoric ester groups is 1. The number of hydrogen-bond acceptors (Lipinski definition) is 10. The Bertz CT molecular complexity index is 1420. The third-order valence-electron chi connectivity index (χ3n) is 8.21. The van der Waals surface area contributed by atoms with E-state index in [4.69, 9.17) is 19.1 Å². The third-order valence-corrected chi connectivity index (χ3v) is 9.16. The minimum Gasteiger partial charge on any atom is -0.462 e. The van der Waals surface area contributed by atoms with Gasteiger partial charge in [-0.2, -0.15) is 0 Å². The van der Waals surface area contributed by atoms with Crippen LogP contribution in [-0.2, 0) is 32.7 Å². The number of phosphoric acid groups is 1. The minimum absolute atomic E-state index is 0.0869. The van der Waals surface area contributed by atoms with Gasteiger partial charge in [0.1, 0.15) is 12.7 Å². The van der Waals surface area contributed by atoms with Crippen molar-refractivity contribution in [1.82, 2.24) is 0 Å². The van der Waals surface area contributed by atoms with Crippen LogP contribution in [0.2, 0.25) is 0 Å². The standard InChI is InChI=1S/C48H75O11P/c1-3-5-7-8-9-10-11-12-13-14-15-18-22-25-28-31-35-39-48(53)59-46(43-58-60(54,55)57-41-45(51)40-49)42-56-47(52)38-34-30-27-24-21-19-16-17-20-23-26-29-33-37-44(50)36-32-6-4-2/h5-7,9-10,12-13,15,17-21,26-27,29-30,32-33,37,44-46,49-51H,3-4,8,11,14,16,22-25,28,31,34-36,38-43H2,1-2H3,(H,54,55)/b7-5-,10-9-,13-12-,18-15-,20-17-,21-19-,29-26+,30-27-,32-6-,37-33+/t44?,45-,46+/m0/s1. The molecule has 12 heteroatoms. The summed E-state index contributed by atoms with van der Waals surface area (Å²) in [7, 11) is -4.66. The molecule has 60 heavy (non-hydrogen) atoms. The van der Waals surface area contributed by atoms with Gasteiger partial charge in [-0.15, -0.1) is 0 Å². The van der Waals surface area contributed by atoms with Gasteiger partial charge in [0.15, 0.2) is 6.10 Å². The molecule has 0 bridgehead atoms. The lowest BCUT2D eigenvalue weighted by atomic mass is 10.1. The van der Waals surface area contributed by atoms with Crippen molar-refractivity contribution in [3.05, 3.63) is 122 Å². The lowest BCUT2D eigenvalue weighted by Crippen LogP contribution is -2.29. The van der Waals surface area contributed by atoms with Crippen LogP contribution >= 0.6 is 7.82 Å². The summed E-state index contributed by atoms with van der Waals surface area (Å²) in [5, 5.41) is 28.2. The normalized spacial score (nSPS) is 15.5. The zero-order chi connectivity index (χ0) is 44.2. The van der Waals surface area contributed by atoms with Gasteiger partial charge in [-0.1, -0.05) is 148 Å². The average molecular weight is 859 g/mol. The second kappa shape index (κ2) is 42.0. The van der Waals surface area contributed by atoms with Crippen LogP contribution in [0.4, 0.5) is 0 Å². The Labute approximate surface area is 360 Å². The number of unbranched alkanes of at least 4 members (excludes halogenated alkanes) is 4. The van der Waals surface area contributed by atoms with Gasteiger partial charge in [-0.05, 0) is 83.5 Å². The number of carbonyl (C=O) groups is 2. The zero-order valence-corrected chi connectivity index (χ0v) is 37.1. The van der Waals surface area contributed by atoms with Gasteiger partial charge in [0.25, 0.3) is 0 Å². The topological polar surface area (TPSA) is 169 Å². The van der Waals surface area contributed by atoms with Crippen molar-refractivity contribution >= 4 is 19.8 Å². The van der Waals surface area contributed by atoms with Crippen molar-refractivity contribution in [2.75, 3.05) is 26.4 Å². The second-order valence-electron chi connectivity index (χ2n) is 13.8. The van der Waals surface area contributed by atoms with Crippen LogP contribution in [0.25, 0.3) is 0 Å². The van der Waals surface area contributed by atoms with Crippen LogP contribution in [0, 0.1) is 0 Å². The smallest absolute Gasteiger partial charge is 0.462 e. The minimum atomic E-state index is -4.66. The highest BCUT2D eigenvalue weighted by molar-refractivity contribution is 7.47. The van der Waals surface area contributed by atoms with E-state index in [9.17, 15) is 29.3 Å². The molecule has 0 aromatic rings. The summed E-state index contributed by atoms with van der Waals surface area (Å²) in [6.07, 6.45) is 50.8. The Kier molecular flexibility index (Phi) is 39.5. The fourth-order valence-electron chi connectivity index (χ4n) is 4.92. The van der Waals surface area contributed by atoms with Crippen LogP contribution < -0.4 is 0 Å². The predicted octanol–water partition coefficient (Wildman–Crippen LogP) is 10.5. The van der Waals surface area contributed by atoms with Crippen molar-refractivity contribution in [2.45, 2.75) is 141 Å². The molecule has 0 heterocycles. The molecule has 11 nitrogen and oxygen atoms in total. The van der Waals surface area contributed by atoms with E-state index in [2.05, 4.69) is 85.2 Å². The summed E-state index contributed by atoms with van der Waals surface area (Å²) in [4.78, 5) is 35.0. The molecular formula is C48H75O11P. The molecule has 0 aliphatic rings. The highest BCUT2D eigenvalue weighted by Gasteiger charge is 2.27. The van der Waals surface area contributed by atoms with Crippen LogP contribution in [0.15, 0.2) is 122 Å². The molecule has 0 amide bonds.